The Kier molecular flexibility index (Phi) is 7.90. The van der Waals surface area contributed by atoms with Crippen LogP contribution >= 0.6 is 0 Å². The number of nitrogens with one attached hydrogen (secondary N) is 3. The third-order valence-electron chi connectivity index (χ3n) is 6.11. The van der Waals surface area contributed by atoms with Crippen LogP contribution in [0, 0.1) is 17.6 Å². The fraction of sp³-hybridized carbons (Fsp3) is 0.269. The van der Waals surface area contributed by atoms with Crippen molar-refractivity contribution in [3.05, 3.63) is 102 Å². The Hall–Kier alpha value is -3.14. The highest BCUT2D eigenvalue weighted by molar-refractivity contribution is 7.89. The van der Waals surface area contributed by atoms with Crippen LogP contribution in [0.4, 0.5) is 8.78 Å². The lowest BCUT2D eigenvalue weighted by atomic mass is 9.90. The van der Waals surface area contributed by atoms with Gasteiger partial charge >= 0.3 is 0 Å². The van der Waals surface area contributed by atoms with Crippen molar-refractivity contribution in [3.8, 4) is 0 Å². The lowest BCUT2D eigenvalue weighted by molar-refractivity contribution is -0.125. The van der Waals surface area contributed by atoms with Gasteiger partial charge in [0.15, 0.2) is 0 Å². The number of rotatable bonds is 8. The van der Waals surface area contributed by atoms with Gasteiger partial charge in [-0.3, -0.25) is 4.79 Å². The Bertz CT molecular complexity index is 1220. The molecule has 1 fully saturated rings. The van der Waals surface area contributed by atoms with Crippen LogP contribution in [0.15, 0.2) is 83.8 Å². The van der Waals surface area contributed by atoms with E-state index in [1.54, 1.807) is 0 Å². The summed E-state index contributed by atoms with van der Waals surface area (Å²) in [6.07, 6.45) is 0.252. The fourth-order valence-electron chi connectivity index (χ4n) is 4.35. The molecule has 9 heteroatoms. The highest BCUT2D eigenvalue weighted by Gasteiger charge is 2.31. The number of hydrogen-bond donors (Lipinski definition) is 3. The second-order valence-electron chi connectivity index (χ2n) is 8.60. The van der Waals surface area contributed by atoms with Crippen molar-refractivity contribution in [1.82, 2.24) is 15.4 Å². The van der Waals surface area contributed by atoms with Crippen molar-refractivity contribution in [1.29, 1.82) is 0 Å². The van der Waals surface area contributed by atoms with Gasteiger partial charge in [0, 0.05) is 37.7 Å². The van der Waals surface area contributed by atoms with Gasteiger partial charge in [0.1, 0.15) is 16.5 Å². The van der Waals surface area contributed by atoms with E-state index in [0.29, 0.717) is 25.7 Å². The maximum atomic E-state index is 14.0. The second-order valence-corrected chi connectivity index (χ2v) is 10.3. The topological polar surface area (TPSA) is 87.3 Å². The number of hydrogen-bond acceptors (Lipinski definition) is 4. The first-order valence-corrected chi connectivity index (χ1v) is 12.9. The normalized spacial score (nSPS) is 18.4. The molecule has 1 heterocycles. The monoisotopic (exact) mass is 499 g/mol. The van der Waals surface area contributed by atoms with E-state index in [-0.39, 0.29) is 18.2 Å². The molecule has 1 amide bonds. The molecule has 4 rings (SSSR count). The Morgan fingerprint density at radius 3 is 2.17 bits per heavy atom. The van der Waals surface area contributed by atoms with E-state index in [1.165, 1.54) is 0 Å². The number of carbonyl (C=O) groups excluding carboxylic acids is 1. The first kappa shape index (κ1) is 25.0. The van der Waals surface area contributed by atoms with Gasteiger partial charge in [0.2, 0.25) is 15.9 Å². The standard InChI is InChI=1S/C26H27F2N3O3S/c27-21-11-12-25(24(28)14-21)35(33,34)31-22-13-20(15-29-16-22)26(32)30-17-23(18-7-3-1-4-8-18)19-9-5-2-6-10-19/h1-12,14,20,22-23,29,31H,13,15-17H2,(H,30,32)/t20-,22+/m0/s1. The zero-order valence-electron chi connectivity index (χ0n) is 19.0. The summed E-state index contributed by atoms with van der Waals surface area (Å²) in [5.41, 5.74) is 2.15. The van der Waals surface area contributed by atoms with Crippen molar-refractivity contribution in [3.63, 3.8) is 0 Å². The maximum Gasteiger partial charge on any atom is 0.243 e. The quantitative estimate of drug-likeness (QED) is 0.444. The Morgan fingerprint density at radius 2 is 1.57 bits per heavy atom. The minimum absolute atomic E-state index is 0.0337. The molecule has 0 bridgehead atoms. The summed E-state index contributed by atoms with van der Waals surface area (Å²) in [6.45, 7) is 1.08. The van der Waals surface area contributed by atoms with Crippen LogP contribution in [0.3, 0.4) is 0 Å². The number of amides is 1. The minimum atomic E-state index is -4.22. The molecular weight excluding hydrogens is 472 g/mol. The summed E-state index contributed by atoms with van der Waals surface area (Å²) in [4.78, 5) is 12.4. The zero-order chi connectivity index (χ0) is 24.8. The van der Waals surface area contributed by atoms with Gasteiger partial charge in [0.05, 0.1) is 5.92 Å². The molecular formula is C26H27F2N3O3S. The lowest BCUT2D eigenvalue weighted by Crippen LogP contribution is -2.52. The lowest BCUT2D eigenvalue weighted by Gasteiger charge is -2.30. The van der Waals surface area contributed by atoms with E-state index in [1.807, 2.05) is 60.7 Å². The second kappa shape index (κ2) is 11.1. The van der Waals surface area contributed by atoms with Gasteiger partial charge in [-0.1, -0.05) is 60.7 Å². The van der Waals surface area contributed by atoms with Crippen LogP contribution in [0.2, 0.25) is 0 Å². The van der Waals surface area contributed by atoms with Gasteiger partial charge in [-0.2, -0.15) is 0 Å². The number of sulfonamides is 1. The van der Waals surface area contributed by atoms with Gasteiger partial charge in [-0.05, 0) is 29.7 Å². The van der Waals surface area contributed by atoms with Crippen molar-refractivity contribution in [2.24, 2.45) is 5.92 Å². The Balaban J connectivity index is 1.40. The van der Waals surface area contributed by atoms with Gasteiger partial charge in [-0.15, -0.1) is 0 Å². The number of benzene rings is 3. The Morgan fingerprint density at radius 1 is 0.943 bits per heavy atom. The molecule has 3 N–H and O–H groups in total. The fourth-order valence-corrected chi connectivity index (χ4v) is 5.66. The van der Waals surface area contributed by atoms with Crippen molar-refractivity contribution in [2.45, 2.75) is 23.3 Å². The molecule has 35 heavy (non-hydrogen) atoms. The molecule has 2 atom stereocenters. The van der Waals surface area contributed by atoms with Crippen molar-refractivity contribution >= 4 is 15.9 Å². The van der Waals surface area contributed by atoms with Crippen LogP contribution in [0.25, 0.3) is 0 Å². The van der Waals surface area contributed by atoms with Crippen molar-refractivity contribution < 1.29 is 22.0 Å². The summed E-state index contributed by atoms with van der Waals surface area (Å²) >= 11 is 0. The van der Waals surface area contributed by atoms with E-state index < -0.39 is 38.5 Å². The molecule has 3 aromatic carbocycles. The molecule has 0 unspecified atom stereocenters. The third-order valence-corrected chi connectivity index (χ3v) is 7.66. The predicted octanol–water partition coefficient (Wildman–Crippen LogP) is 3.17. The zero-order valence-corrected chi connectivity index (χ0v) is 19.8. The van der Waals surface area contributed by atoms with Gasteiger partial charge in [0.25, 0.3) is 0 Å². The molecule has 3 aromatic rings. The first-order chi connectivity index (χ1) is 16.8. The average molecular weight is 500 g/mol. The molecule has 1 saturated heterocycles. The molecule has 6 nitrogen and oxygen atoms in total. The van der Waals surface area contributed by atoms with Crippen LogP contribution < -0.4 is 15.4 Å². The Labute approximate surface area is 203 Å². The molecule has 0 aromatic heterocycles. The van der Waals surface area contributed by atoms with Crippen LogP contribution in [0.5, 0.6) is 0 Å². The van der Waals surface area contributed by atoms with E-state index >= 15 is 0 Å². The third kappa shape index (κ3) is 6.30. The van der Waals surface area contributed by atoms with E-state index in [4.69, 9.17) is 0 Å². The summed E-state index contributed by atoms with van der Waals surface area (Å²) in [5, 5.41) is 6.10. The summed E-state index contributed by atoms with van der Waals surface area (Å²) in [6, 6.07) is 21.5. The summed E-state index contributed by atoms with van der Waals surface area (Å²) in [7, 11) is -4.22. The smallest absolute Gasteiger partial charge is 0.243 e. The maximum absolute atomic E-state index is 14.0. The van der Waals surface area contributed by atoms with Crippen LogP contribution in [-0.4, -0.2) is 40.0 Å². The summed E-state index contributed by atoms with van der Waals surface area (Å²) in [5.74, 6) is -2.72. The number of carbonyl (C=O) groups is 1. The highest BCUT2D eigenvalue weighted by Crippen LogP contribution is 2.24. The first-order valence-electron chi connectivity index (χ1n) is 11.4. The summed E-state index contributed by atoms with van der Waals surface area (Å²) < 4.78 is 54.9. The number of piperidine rings is 1. The van der Waals surface area contributed by atoms with E-state index in [9.17, 15) is 22.0 Å². The molecule has 0 radical (unpaired) electrons. The molecule has 184 valence electrons. The average Bonchev–Trinajstić information content (AvgIpc) is 2.85. The minimum Gasteiger partial charge on any atom is -0.355 e. The molecule has 0 spiro atoms. The van der Waals surface area contributed by atoms with Crippen molar-refractivity contribution in [2.75, 3.05) is 19.6 Å². The predicted molar refractivity (Wildman–Crippen MR) is 129 cm³/mol. The molecule has 0 aliphatic carbocycles. The molecule has 1 aliphatic heterocycles. The molecule has 0 saturated carbocycles. The molecule has 1 aliphatic rings. The van der Waals surface area contributed by atoms with Gasteiger partial charge in [-0.25, -0.2) is 21.9 Å². The van der Waals surface area contributed by atoms with E-state index in [2.05, 4.69) is 15.4 Å². The van der Waals surface area contributed by atoms with Crippen LogP contribution in [-0.2, 0) is 14.8 Å². The van der Waals surface area contributed by atoms with Crippen LogP contribution in [0.1, 0.15) is 23.5 Å². The largest absolute Gasteiger partial charge is 0.355 e. The van der Waals surface area contributed by atoms with Gasteiger partial charge < -0.3 is 10.6 Å². The number of halogens is 2. The van der Waals surface area contributed by atoms with E-state index in [0.717, 1.165) is 23.3 Å². The SMILES string of the molecule is O=C(NCC(c1ccccc1)c1ccccc1)[C@@H]1CNC[C@H](NS(=O)(=O)c2ccc(F)cc2F)C1. The highest BCUT2D eigenvalue weighted by atomic mass is 32.2.